The number of sulfonamides is 1. The Bertz CT molecular complexity index is 822. The highest BCUT2D eigenvalue weighted by Crippen LogP contribution is 2.36. The molecule has 9 heteroatoms. The van der Waals surface area contributed by atoms with E-state index < -0.39 is 26.7 Å². The lowest BCUT2D eigenvalue weighted by atomic mass is 10.2. The van der Waals surface area contributed by atoms with Crippen molar-refractivity contribution in [1.29, 1.82) is 0 Å². The molecule has 0 aliphatic heterocycles. The van der Waals surface area contributed by atoms with E-state index in [0.717, 1.165) is 12.1 Å². The van der Waals surface area contributed by atoms with Crippen LogP contribution in [-0.4, -0.2) is 15.5 Å². The van der Waals surface area contributed by atoms with Gasteiger partial charge < -0.3 is 4.74 Å². The predicted molar refractivity (Wildman–Crippen MR) is 80.3 cm³/mol. The van der Waals surface area contributed by atoms with Gasteiger partial charge in [-0.25, -0.2) is 8.42 Å². The third kappa shape index (κ3) is 3.89. The number of hydrogen-bond acceptors (Lipinski definition) is 3. The number of methoxy groups -OCH3 is 1. The predicted octanol–water partition coefficient (Wildman–Crippen LogP) is 4.17. The van der Waals surface area contributed by atoms with Gasteiger partial charge in [0.2, 0.25) is 0 Å². The van der Waals surface area contributed by atoms with E-state index in [9.17, 15) is 21.6 Å². The maximum Gasteiger partial charge on any atom is 0.417 e. The summed E-state index contributed by atoms with van der Waals surface area (Å²) >= 11 is 5.78. The molecule has 2 rings (SSSR count). The Kier molecular flexibility index (Phi) is 4.76. The summed E-state index contributed by atoms with van der Waals surface area (Å²) in [6.07, 6.45) is -4.80. The first kappa shape index (κ1) is 17.4. The van der Waals surface area contributed by atoms with Crippen LogP contribution in [0.5, 0.6) is 5.75 Å². The molecule has 0 saturated carbocycles. The normalized spacial score (nSPS) is 12.0. The van der Waals surface area contributed by atoms with Crippen LogP contribution in [0.25, 0.3) is 0 Å². The van der Waals surface area contributed by atoms with E-state index in [1.54, 1.807) is 0 Å². The molecule has 0 aliphatic rings. The van der Waals surface area contributed by atoms with Crippen LogP contribution in [0.15, 0.2) is 47.4 Å². The quantitative estimate of drug-likeness (QED) is 0.884. The first-order valence-electron chi connectivity index (χ1n) is 6.18. The smallest absolute Gasteiger partial charge is 0.417 e. The van der Waals surface area contributed by atoms with Gasteiger partial charge in [0, 0.05) is 5.02 Å². The third-order valence-corrected chi connectivity index (χ3v) is 4.55. The Morgan fingerprint density at radius 1 is 1.13 bits per heavy atom. The van der Waals surface area contributed by atoms with Gasteiger partial charge in [0.15, 0.2) is 0 Å². The van der Waals surface area contributed by atoms with Crippen molar-refractivity contribution < 1.29 is 26.3 Å². The van der Waals surface area contributed by atoms with Gasteiger partial charge in [0.1, 0.15) is 5.75 Å². The fourth-order valence-electron chi connectivity index (χ4n) is 1.89. The summed E-state index contributed by atoms with van der Waals surface area (Å²) in [6.45, 7) is 0. The zero-order valence-electron chi connectivity index (χ0n) is 11.7. The standard InChI is InChI=1S/C14H11ClF3NO3S/c1-22-12-7-6-9(15)8-11(12)19-23(20,21)13-5-3-2-4-10(13)14(16,17)18/h2-8,19H,1H3. The van der Waals surface area contributed by atoms with Crippen molar-refractivity contribution in [3.8, 4) is 5.75 Å². The Balaban J connectivity index is 2.51. The van der Waals surface area contributed by atoms with E-state index in [1.165, 1.54) is 31.4 Å². The second kappa shape index (κ2) is 6.29. The number of halogens is 4. The highest BCUT2D eigenvalue weighted by Gasteiger charge is 2.37. The highest BCUT2D eigenvalue weighted by molar-refractivity contribution is 7.92. The number of ether oxygens (including phenoxy) is 1. The molecular formula is C14H11ClF3NO3S. The lowest BCUT2D eigenvalue weighted by Gasteiger charge is -2.15. The number of benzene rings is 2. The lowest BCUT2D eigenvalue weighted by Crippen LogP contribution is -2.19. The minimum absolute atomic E-state index is 0.0584. The van der Waals surface area contributed by atoms with E-state index in [2.05, 4.69) is 4.72 Å². The molecule has 0 bridgehead atoms. The molecule has 0 fully saturated rings. The molecule has 124 valence electrons. The molecule has 2 aromatic rings. The fraction of sp³-hybridized carbons (Fsp3) is 0.143. The average molecular weight is 366 g/mol. The summed E-state index contributed by atoms with van der Waals surface area (Å²) in [5.74, 6) is 0.127. The Morgan fingerprint density at radius 2 is 1.78 bits per heavy atom. The van der Waals surface area contributed by atoms with Crippen molar-refractivity contribution in [2.45, 2.75) is 11.1 Å². The summed E-state index contributed by atoms with van der Waals surface area (Å²) in [5, 5.41) is 0.201. The monoisotopic (exact) mass is 365 g/mol. The second-order valence-corrected chi connectivity index (χ2v) is 6.53. The van der Waals surface area contributed by atoms with Gasteiger partial charge in [-0.1, -0.05) is 23.7 Å². The number of anilines is 1. The Labute approximate surface area is 135 Å². The minimum Gasteiger partial charge on any atom is -0.495 e. The zero-order valence-corrected chi connectivity index (χ0v) is 13.3. The number of hydrogen-bond donors (Lipinski definition) is 1. The van der Waals surface area contributed by atoms with Gasteiger partial charge in [-0.15, -0.1) is 0 Å². The second-order valence-electron chi connectivity index (χ2n) is 4.44. The van der Waals surface area contributed by atoms with Crippen molar-refractivity contribution in [2.24, 2.45) is 0 Å². The maximum atomic E-state index is 13.0. The van der Waals surface area contributed by atoms with E-state index >= 15 is 0 Å². The van der Waals surface area contributed by atoms with Gasteiger partial charge >= 0.3 is 6.18 Å². The molecule has 0 aromatic heterocycles. The van der Waals surface area contributed by atoms with Crippen molar-refractivity contribution >= 4 is 27.3 Å². The lowest BCUT2D eigenvalue weighted by molar-refractivity contribution is -0.139. The van der Waals surface area contributed by atoms with Crippen LogP contribution in [0.2, 0.25) is 5.02 Å². The van der Waals surface area contributed by atoms with Crippen molar-refractivity contribution in [1.82, 2.24) is 0 Å². The number of nitrogens with one attached hydrogen (secondary N) is 1. The molecule has 0 spiro atoms. The number of rotatable bonds is 4. The first-order valence-corrected chi connectivity index (χ1v) is 8.04. The van der Waals surface area contributed by atoms with Gasteiger partial charge in [0.05, 0.1) is 23.3 Å². The van der Waals surface area contributed by atoms with Crippen molar-refractivity contribution in [3.05, 3.63) is 53.1 Å². The van der Waals surface area contributed by atoms with Gasteiger partial charge in [0.25, 0.3) is 10.0 Å². The van der Waals surface area contributed by atoms with Gasteiger partial charge in [-0.3, -0.25) is 4.72 Å². The Morgan fingerprint density at radius 3 is 2.39 bits per heavy atom. The summed E-state index contributed by atoms with van der Waals surface area (Å²) in [4.78, 5) is -0.880. The summed E-state index contributed by atoms with van der Waals surface area (Å²) in [6, 6.07) is 8.00. The average Bonchev–Trinajstić information content (AvgIpc) is 2.46. The van der Waals surface area contributed by atoms with Crippen LogP contribution in [-0.2, 0) is 16.2 Å². The highest BCUT2D eigenvalue weighted by atomic mass is 35.5. The molecular weight excluding hydrogens is 355 g/mol. The Hall–Kier alpha value is -1.93. The van der Waals surface area contributed by atoms with Crippen molar-refractivity contribution in [3.63, 3.8) is 0 Å². The van der Waals surface area contributed by atoms with E-state index in [-0.39, 0.29) is 16.5 Å². The fourth-order valence-corrected chi connectivity index (χ4v) is 3.36. The van der Waals surface area contributed by atoms with Crippen LogP contribution >= 0.6 is 11.6 Å². The summed E-state index contributed by atoms with van der Waals surface area (Å²) in [5.41, 5.74) is -1.31. The first-order chi connectivity index (χ1) is 10.6. The van der Waals surface area contributed by atoms with E-state index in [1.807, 2.05) is 0 Å². The van der Waals surface area contributed by atoms with Crippen molar-refractivity contribution in [2.75, 3.05) is 11.8 Å². The number of alkyl halides is 3. The zero-order chi connectivity index (χ0) is 17.3. The van der Waals surface area contributed by atoms with Crippen LogP contribution in [0.4, 0.5) is 18.9 Å². The molecule has 2 aromatic carbocycles. The van der Waals surface area contributed by atoms with Gasteiger partial charge in [-0.2, -0.15) is 13.2 Å². The third-order valence-electron chi connectivity index (χ3n) is 2.89. The molecule has 0 aliphatic carbocycles. The van der Waals surface area contributed by atoms with Crippen LogP contribution in [0.3, 0.4) is 0 Å². The maximum absolute atomic E-state index is 13.0. The molecule has 0 atom stereocenters. The van der Waals surface area contributed by atoms with Crippen LogP contribution < -0.4 is 9.46 Å². The molecule has 0 saturated heterocycles. The molecule has 4 nitrogen and oxygen atoms in total. The SMILES string of the molecule is COc1ccc(Cl)cc1NS(=O)(=O)c1ccccc1C(F)(F)F. The van der Waals surface area contributed by atoms with E-state index in [4.69, 9.17) is 16.3 Å². The van der Waals surface area contributed by atoms with E-state index in [0.29, 0.717) is 6.07 Å². The largest absolute Gasteiger partial charge is 0.495 e. The molecule has 0 amide bonds. The molecule has 23 heavy (non-hydrogen) atoms. The molecule has 1 N–H and O–H groups in total. The van der Waals surface area contributed by atoms with Crippen LogP contribution in [0.1, 0.15) is 5.56 Å². The topological polar surface area (TPSA) is 55.4 Å². The molecule has 0 unspecified atom stereocenters. The minimum atomic E-state index is -4.80. The summed E-state index contributed by atoms with van der Waals surface area (Å²) < 4.78 is 70.7. The molecule has 0 radical (unpaired) electrons. The molecule has 0 heterocycles. The van der Waals surface area contributed by atoms with Gasteiger partial charge in [-0.05, 0) is 30.3 Å². The summed E-state index contributed by atoms with van der Waals surface area (Å²) in [7, 11) is -3.19. The van der Waals surface area contributed by atoms with Crippen LogP contribution in [0, 0.1) is 0 Å².